The second kappa shape index (κ2) is 9.58. The molecule has 35 heavy (non-hydrogen) atoms. The van der Waals surface area contributed by atoms with Crippen molar-refractivity contribution >= 4 is 22.0 Å². The molecule has 1 amide bonds. The van der Waals surface area contributed by atoms with E-state index in [9.17, 15) is 17.6 Å². The Labute approximate surface area is 205 Å². The minimum absolute atomic E-state index is 0.124. The van der Waals surface area contributed by atoms with E-state index in [4.69, 9.17) is 4.74 Å². The highest BCUT2D eigenvalue weighted by molar-refractivity contribution is 7.90. The van der Waals surface area contributed by atoms with Crippen LogP contribution in [-0.2, 0) is 14.8 Å². The molecule has 0 saturated carbocycles. The third kappa shape index (κ3) is 5.33. The molecule has 0 aliphatic carbocycles. The van der Waals surface area contributed by atoms with E-state index in [0.717, 1.165) is 13.1 Å². The summed E-state index contributed by atoms with van der Waals surface area (Å²) in [5.41, 5.74) is 0.0140. The molecule has 2 aliphatic rings. The Morgan fingerprint density at radius 1 is 1.14 bits per heavy atom. The minimum Gasteiger partial charge on any atom is -0.457 e. The molecule has 188 valence electrons. The monoisotopic (exact) mass is 502 g/mol. The number of aliphatic imine (C=N–C) groups is 1. The van der Waals surface area contributed by atoms with E-state index in [2.05, 4.69) is 14.6 Å². The summed E-state index contributed by atoms with van der Waals surface area (Å²) in [5.74, 6) is -0.553. The topological polar surface area (TPSA) is 91.3 Å². The Balaban J connectivity index is 1.59. The number of ether oxygens (including phenoxy) is 1. The molecule has 2 fully saturated rings. The number of halogens is 1. The first-order chi connectivity index (χ1) is 16.5. The number of rotatable bonds is 4. The number of benzene rings is 2. The Kier molecular flexibility index (Phi) is 6.88. The van der Waals surface area contributed by atoms with Crippen molar-refractivity contribution in [3.8, 4) is 0 Å². The van der Waals surface area contributed by atoms with Gasteiger partial charge in [-0.1, -0.05) is 30.3 Å². The van der Waals surface area contributed by atoms with Crippen LogP contribution in [0.5, 0.6) is 0 Å². The first-order valence-corrected chi connectivity index (χ1v) is 13.1. The van der Waals surface area contributed by atoms with Crippen molar-refractivity contribution in [2.75, 3.05) is 33.2 Å². The number of sulfonamides is 1. The van der Waals surface area contributed by atoms with Gasteiger partial charge in [-0.3, -0.25) is 4.79 Å². The van der Waals surface area contributed by atoms with Gasteiger partial charge in [0.2, 0.25) is 10.0 Å². The Morgan fingerprint density at radius 2 is 1.83 bits per heavy atom. The van der Waals surface area contributed by atoms with Crippen LogP contribution < -0.4 is 4.72 Å². The number of nitrogens with zero attached hydrogens (tertiary/aromatic N) is 3. The number of carbonyl (C=O) groups excluding carboxylic acids is 1. The number of hydrogen-bond acceptors (Lipinski definition) is 6. The molecule has 0 aromatic heterocycles. The molecule has 0 radical (unpaired) electrons. The predicted octanol–water partition coefficient (Wildman–Crippen LogP) is 3.10. The molecule has 2 aromatic carbocycles. The van der Waals surface area contributed by atoms with Gasteiger partial charge in [0.05, 0.1) is 6.04 Å². The molecule has 2 saturated heterocycles. The maximum atomic E-state index is 14.2. The summed E-state index contributed by atoms with van der Waals surface area (Å²) in [5, 5.41) is -1.09. The van der Waals surface area contributed by atoms with Crippen LogP contribution in [0.15, 0.2) is 53.5 Å². The fourth-order valence-electron chi connectivity index (χ4n) is 4.60. The third-order valence-electron chi connectivity index (χ3n) is 6.42. The molecule has 2 unspecified atom stereocenters. The van der Waals surface area contributed by atoms with Crippen LogP contribution in [-0.4, -0.2) is 69.0 Å². The predicted molar refractivity (Wildman–Crippen MR) is 132 cm³/mol. The van der Waals surface area contributed by atoms with Crippen LogP contribution in [0.1, 0.15) is 53.5 Å². The lowest BCUT2D eigenvalue weighted by atomic mass is 9.95. The van der Waals surface area contributed by atoms with Crippen molar-refractivity contribution in [2.24, 2.45) is 4.99 Å². The average molecular weight is 503 g/mol. The van der Waals surface area contributed by atoms with Crippen LogP contribution in [0.3, 0.4) is 0 Å². The molecule has 0 spiro atoms. The van der Waals surface area contributed by atoms with Crippen molar-refractivity contribution in [1.29, 1.82) is 0 Å². The smallest absolute Gasteiger partial charge is 0.299 e. The maximum Gasteiger partial charge on any atom is 0.299 e. The molecular weight excluding hydrogens is 471 g/mol. The first-order valence-electron chi connectivity index (χ1n) is 11.6. The quantitative estimate of drug-likeness (QED) is 0.694. The zero-order chi connectivity index (χ0) is 25.4. The SMILES string of the molecule is CC(N=C1NS(=O)(=O)C(c2cccc(C(=O)N3CCN(C)CC3)c2)C(C)(C)O1)c1ccccc1F. The summed E-state index contributed by atoms with van der Waals surface area (Å²) < 4.78 is 49.3. The van der Waals surface area contributed by atoms with Crippen molar-refractivity contribution in [1.82, 2.24) is 14.5 Å². The second-order valence-corrected chi connectivity index (χ2v) is 11.4. The van der Waals surface area contributed by atoms with E-state index in [1.54, 1.807) is 68.1 Å². The van der Waals surface area contributed by atoms with Gasteiger partial charge < -0.3 is 14.5 Å². The number of hydrogen-bond donors (Lipinski definition) is 1. The molecule has 2 aromatic rings. The number of nitrogens with one attached hydrogen (secondary N) is 1. The van der Waals surface area contributed by atoms with Crippen molar-refractivity contribution in [3.05, 3.63) is 71.0 Å². The minimum atomic E-state index is -3.98. The van der Waals surface area contributed by atoms with E-state index >= 15 is 0 Å². The van der Waals surface area contributed by atoms with Gasteiger partial charge in [0.1, 0.15) is 16.7 Å². The zero-order valence-electron chi connectivity index (χ0n) is 20.4. The van der Waals surface area contributed by atoms with Crippen LogP contribution in [0.2, 0.25) is 0 Å². The van der Waals surface area contributed by atoms with Gasteiger partial charge in [-0.05, 0) is 51.6 Å². The van der Waals surface area contributed by atoms with Crippen LogP contribution >= 0.6 is 0 Å². The van der Waals surface area contributed by atoms with Crippen LogP contribution in [0.4, 0.5) is 4.39 Å². The standard InChI is InChI=1S/C25H31FN4O4S/c1-17(20-10-5-6-11-21(20)26)27-24-28-35(32,33)22(25(2,3)34-24)18-8-7-9-19(16-18)23(31)30-14-12-29(4)13-15-30/h5-11,16-17,22H,12-15H2,1-4H3,(H,27,28). The van der Waals surface area contributed by atoms with Gasteiger partial charge >= 0.3 is 0 Å². The summed E-state index contributed by atoms with van der Waals surface area (Å²) in [7, 11) is -1.96. The average Bonchev–Trinajstić information content (AvgIpc) is 2.78. The van der Waals surface area contributed by atoms with Crippen LogP contribution in [0.25, 0.3) is 0 Å². The summed E-state index contributed by atoms with van der Waals surface area (Å²) >= 11 is 0. The van der Waals surface area contributed by atoms with Crippen LogP contribution in [0, 0.1) is 5.82 Å². The largest absolute Gasteiger partial charge is 0.457 e. The number of amides is 1. The van der Waals surface area contributed by atoms with Crippen molar-refractivity contribution in [2.45, 2.75) is 37.7 Å². The number of carbonyl (C=O) groups is 1. The highest BCUT2D eigenvalue weighted by Crippen LogP contribution is 2.39. The highest BCUT2D eigenvalue weighted by atomic mass is 32.2. The normalized spacial score (nSPS) is 23.9. The van der Waals surface area contributed by atoms with Gasteiger partial charge in [-0.2, -0.15) is 0 Å². The fraction of sp³-hybridized carbons (Fsp3) is 0.440. The van der Waals surface area contributed by atoms with Gasteiger partial charge in [-0.25, -0.2) is 22.5 Å². The molecule has 2 aliphatic heterocycles. The van der Waals surface area contributed by atoms with Crippen molar-refractivity contribution < 1.29 is 22.3 Å². The zero-order valence-corrected chi connectivity index (χ0v) is 21.2. The fourth-order valence-corrected chi connectivity index (χ4v) is 6.35. The summed E-state index contributed by atoms with van der Waals surface area (Å²) in [6.45, 7) is 7.81. The van der Waals surface area contributed by atoms with Crippen molar-refractivity contribution in [3.63, 3.8) is 0 Å². The third-order valence-corrected chi connectivity index (χ3v) is 8.34. The summed E-state index contributed by atoms with van der Waals surface area (Å²) in [6.07, 6.45) is 0. The lowest BCUT2D eigenvalue weighted by molar-refractivity contribution is 0.0660. The molecule has 2 atom stereocenters. The molecular formula is C25H31FN4O4S. The van der Waals surface area contributed by atoms with E-state index in [-0.39, 0.29) is 11.9 Å². The van der Waals surface area contributed by atoms with E-state index in [1.165, 1.54) is 6.07 Å². The van der Waals surface area contributed by atoms with Gasteiger partial charge in [-0.15, -0.1) is 0 Å². The number of amidine groups is 1. The van der Waals surface area contributed by atoms with Gasteiger partial charge in [0.25, 0.3) is 11.9 Å². The Morgan fingerprint density at radius 3 is 2.49 bits per heavy atom. The van der Waals surface area contributed by atoms with E-state index in [1.807, 2.05) is 7.05 Å². The molecule has 0 bridgehead atoms. The van der Waals surface area contributed by atoms with Gasteiger partial charge in [0, 0.05) is 37.3 Å². The summed E-state index contributed by atoms with van der Waals surface area (Å²) in [6, 6.07) is 12.0. The van der Waals surface area contributed by atoms with E-state index < -0.39 is 32.7 Å². The Hall–Kier alpha value is -2.98. The lowest BCUT2D eigenvalue weighted by Crippen LogP contribution is -2.53. The van der Waals surface area contributed by atoms with E-state index in [0.29, 0.717) is 29.8 Å². The molecule has 8 nitrogen and oxygen atoms in total. The maximum absolute atomic E-state index is 14.2. The molecule has 2 heterocycles. The molecule has 4 rings (SSSR count). The first kappa shape index (κ1) is 25.1. The Bertz CT molecular complexity index is 1240. The highest BCUT2D eigenvalue weighted by Gasteiger charge is 2.48. The number of likely N-dealkylation sites (N-methyl/N-ethyl adjacent to an activating group) is 1. The molecule has 1 N–H and O–H groups in total. The summed E-state index contributed by atoms with van der Waals surface area (Å²) in [4.78, 5) is 21.3. The number of piperazine rings is 1. The molecule has 10 heteroatoms. The lowest BCUT2D eigenvalue weighted by Gasteiger charge is -2.39. The second-order valence-electron chi connectivity index (χ2n) is 9.59. The van der Waals surface area contributed by atoms with Gasteiger partial charge in [0.15, 0.2) is 0 Å².